The van der Waals surface area contributed by atoms with Crippen molar-refractivity contribution in [1.29, 1.82) is 0 Å². The number of nitrogens with one attached hydrogen (secondary N) is 2. The largest absolute Gasteiger partial charge is 0.462 e. The number of rotatable bonds is 5. The molecular formula is C13H22N4O2. The summed E-state index contributed by atoms with van der Waals surface area (Å²) in [5, 5.41) is 11.0. The first kappa shape index (κ1) is 14.0. The Morgan fingerprint density at radius 1 is 1.68 bits per heavy atom. The van der Waals surface area contributed by atoms with Crippen LogP contribution >= 0.6 is 0 Å². The third-order valence-corrected chi connectivity index (χ3v) is 3.61. The van der Waals surface area contributed by atoms with E-state index in [0.717, 1.165) is 25.2 Å². The molecule has 2 rings (SSSR count). The van der Waals surface area contributed by atoms with Gasteiger partial charge in [0, 0.05) is 25.7 Å². The Morgan fingerprint density at radius 3 is 3.11 bits per heavy atom. The van der Waals surface area contributed by atoms with Crippen LogP contribution < -0.4 is 10.6 Å². The predicted molar refractivity (Wildman–Crippen MR) is 71.9 cm³/mol. The summed E-state index contributed by atoms with van der Waals surface area (Å²) in [4.78, 5) is 11.8. The average molecular weight is 266 g/mol. The maximum absolute atomic E-state index is 11.8. The topological polar surface area (TPSA) is 68.2 Å². The van der Waals surface area contributed by atoms with Crippen molar-refractivity contribution in [2.75, 3.05) is 19.7 Å². The van der Waals surface area contributed by atoms with Gasteiger partial charge in [-0.05, 0) is 26.8 Å². The third kappa shape index (κ3) is 3.13. The van der Waals surface area contributed by atoms with E-state index in [4.69, 9.17) is 4.74 Å². The quantitative estimate of drug-likeness (QED) is 0.757. The Morgan fingerprint density at radius 2 is 2.47 bits per heavy atom. The summed E-state index contributed by atoms with van der Waals surface area (Å²) in [6.45, 7) is 6.95. The summed E-state index contributed by atoms with van der Waals surface area (Å²) in [6, 6.07) is 0. The number of hydrogen-bond donors (Lipinski definition) is 2. The lowest BCUT2D eigenvalue weighted by Crippen LogP contribution is -2.44. The fraction of sp³-hybridized carbons (Fsp3) is 0.692. The molecule has 19 heavy (non-hydrogen) atoms. The Bertz CT molecular complexity index is 449. The van der Waals surface area contributed by atoms with Crippen molar-refractivity contribution in [3.05, 3.63) is 17.5 Å². The van der Waals surface area contributed by atoms with E-state index in [1.54, 1.807) is 17.8 Å². The second-order valence-electron chi connectivity index (χ2n) is 5.19. The maximum atomic E-state index is 11.8. The molecule has 2 heterocycles. The molecule has 106 valence electrons. The molecule has 1 fully saturated rings. The summed E-state index contributed by atoms with van der Waals surface area (Å²) in [7, 11) is 1.84. The van der Waals surface area contributed by atoms with Crippen LogP contribution in [0.3, 0.4) is 0 Å². The number of aryl methyl sites for hydroxylation is 1. The van der Waals surface area contributed by atoms with Gasteiger partial charge in [0.25, 0.3) is 0 Å². The van der Waals surface area contributed by atoms with Gasteiger partial charge in [-0.1, -0.05) is 0 Å². The van der Waals surface area contributed by atoms with Crippen LogP contribution in [0.2, 0.25) is 0 Å². The fourth-order valence-corrected chi connectivity index (χ4v) is 2.32. The van der Waals surface area contributed by atoms with Crippen LogP contribution in [0.1, 0.15) is 36.3 Å². The van der Waals surface area contributed by atoms with Gasteiger partial charge in [0.15, 0.2) is 0 Å². The zero-order valence-corrected chi connectivity index (χ0v) is 11.8. The van der Waals surface area contributed by atoms with Gasteiger partial charge in [-0.25, -0.2) is 4.79 Å². The molecule has 1 aliphatic heterocycles. The molecule has 1 atom stereocenters. The van der Waals surface area contributed by atoms with Gasteiger partial charge >= 0.3 is 5.97 Å². The van der Waals surface area contributed by atoms with E-state index in [0.29, 0.717) is 18.7 Å². The van der Waals surface area contributed by atoms with E-state index >= 15 is 0 Å². The number of hydrogen-bond acceptors (Lipinski definition) is 5. The standard InChI is InChI=1S/C13H22N4O2/c1-4-19-12(18)10-7-16-17(3)11(10)8-15-13(2)5-6-14-9-13/h7,14-15H,4-6,8-9H2,1-3H3. The van der Waals surface area contributed by atoms with Crippen LogP contribution in [0.15, 0.2) is 6.20 Å². The van der Waals surface area contributed by atoms with Crippen LogP contribution in [0.5, 0.6) is 0 Å². The molecule has 1 aromatic rings. The SMILES string of the molecule is CCOC(=O)c1cnn(C)c1CNC1(C)CCNC1. The zero-order valence-electron chi connectivity index (χ0n) is 11.8. The lowest BCUT2D eigenvalue weighted by molar-refractivity contribution is 0.0524. The molecule has 0 aromatic carbocycles. The predicted octanol–water partition coefficient (Wildman–Crippen LogP) is 0.438. The van der Waals surface area contributed by atoms with Gasteiger partial charge in [0.1, 0.15) is 5.56 Å². The van der Waals surface area contributed by atoms with Crippen LogP contribution in [0, 0.1) is 0 Å². The number of esters is 1. The van der Waals surface area contributed by atoms with Crippen LogP contribution in [-0.4, -0.2) is 41.0 Å². The van der Waals surface area contributed by atoms with Gasteiger partial charge in [0.05, 0.1) is 18.5 Å². The number of aromatic nitrogens is 2. The van der Waals surface area contributed by atoms with Gasteiger partial charge in [-0.15, -0.1) is 0 Å². The first-order valence-corrected chi connectivity index (χ1v) is 6.69. The number of carbonyl (C=O) groups excluding carboxylic acids is 1. The van der Waals surface area contributed by atoms with Gasteiger partial charge in [-0.3, -0.25) is 4.68 Å². The highest BCUT2D eigenvalue weighted by atomic mass is 16.5. The van der Waals surface area contributed by atoms with Crippen molar-refractivity contribution < 1.29 is 9.53 Å². The fourth-order valence-electron chi connectivity index (χ4n) is 2.32. The smallest absolute Gasteiger partial charge is 0.341 e. The molecule has 0 amide bonds. The summed E-state index contributed by atoms with van der Waals surface area (Å²) in [5.41, 5.74) is 1.49. The first-order valence-electron chi connectivity index (χ1n) is 6.69. The van der Waals surface area contributed by atoms with Crippen molar-refractivity contribution in [3.63, 3.8) is 0 Å². The number of nitrogens with zero attached hydrogens (tertiary/aromatic N) is 2. The van der Waals surface area contributed by atoms with E-state index in [1.807, 2.05) is 7.05 Å². The lowest BCUT2D eigenvalue weighted by atomic mass is 10.0. The molecular weight excluding hydrogens is 244 g/mol. The Balaban J connectivity index is 2.07. The van der Waals surface area contributed by atoms with E-state index in [-0.39, 0.29) is 11.5 Å². The van der Waals surface area contributed by atoms with Gasteiger partial charge < -0.3 is 15.4 Å². The molecule has 0 radical (unpaired) electrons. The number of carbonyl (C=O) groups is 1. The number of ether oxygens (including phenoxy) is 1. The molecule has 6 nitrogen and oxygen atoms in total. The molecule has 2 N–H and O–H groups in total. The van der Waals surface area contributed by atoms with Crippen LogP contribution in [0.4, 0.5) is 0 Å². The van der Waals surface area contributed by atoms with E-state index in [1.165, 1.54) is 0 Å². The molecule has 1 unspecified atom stereocenters. The maximum Gasteiger partial charge on any atom is 0.341 e. The third-order valence-electron chi connectivity index (χ3n) is 3.61. The molecule has 0 spiro atoms. The molecule has 6 heteroatoms. The zero-order chi connectivity index (χ0) is 13.9. The summed E-state index contributed by atoms with van der Waals surface area (Å²) < 4.78 is 6.77. The van der Waals surface area contributed by atoms with E-state index < -0.39 is 0 Å². The Kier molecular flexibility index (Phi) is 4.21. The normalized spacial score (nSPS) is 22.7. The van der Waals surface area contributed by atoms with Gasteiger partial charge in [-0.2, -0.15) is 5.10 Å². The highest BCUT2D eigenvalue weighted by Gasteiger charge is 2.28. The van der Waals surface area contributed by atoms with Crippen LogP contribution in [0.25, 0.3) is 0 Å². The molecule has 1 saturated heterocycles. The van der Waals surface area contributed by atoms with Crippen molar-refractivity contribution in [1.82, 2.24) is 20.4 Å². The molecule has 0 saturated carbocycles. The Labute approximate surface area is 113 Å². The molecule has 1 aromatic heterocycles. The summed E-state index contributed by atoms with van der Waals surface area (Å²) in [6.07, 6.45) is 2.66. The molecule has 0 aliphatic carbocycles. The highest BCUT2D eigenvalue weighted by molar-refractivity contribution is 5.90. The van der Waals surface area contributed by atoms with E-state index in [9.17, 15) is 4.79 Å². The minimum atomic E-state index is -0.304. The minimum absolute atomic E-state index is 0.0796. The van der Waals surface area contributed by atoms with Crippen molar-refractivity contribution in [3.8, 4) is 0 Å². The molecule has 0 bridgehead atoms. The van der Waals surface area contributed by atoms with Crippen molar-refractivity contribution in [2.24, 2.45) is 7.05 Å². The monoisotopic (exact) mass is 266 g/mol. The minimum Gasteiger partial charge on any atom is -0.462 e. The van der Waals surface area contributed by atoms with Crippen molar-refractivity contribution in [2.45, 2.75) is 32.4 Å². The average Bonchev–Trinajstić information content (AvgIpc) is 2.95. The molecule has 1 aliphatic rings. The summed E-state index contributed by atoms with van der Waals surface area (Å²) in [5.74, 6) is -0.304. The first-order chi connectivity index (χ1) is 9.06. The second-order valence-corrected chi connectivity index (χ2v) is 5.19. The highest BCUT2D eigenvalue weighted by Crippen LogP contribution is 2.16. The lowest BCUT2D eigenvalue weighted by Gasteiger charge is -2.24. The summed E-state index contributed by atoms with van der Waals surface area (Å²) >= 11 is 0. The van der Waals surface area contributed by atoms with E-state index in [2.05, 4.69) is 22.7 Å². The van der Waals surface area contributed by atoms with Crippen LogP contribution in [-0.2, 0) is 18.3 Å². The Hall–Kier alpha value is -1.40. The van der Waals surface area contributed by atoms with Crippen molar-refractivity contribution >= 4 is 5.97 Å². The second kappa shape index (κ2) is 5.71. The van der Waals surface area contributed by atoms with Gasteiger partial charge in [0.2, 0.25) is 0 Å².